The molecule has 8 nitrogen and oxygen atoms in total. The predicted molar refractivity (Wildman–Crippen MR) is 103 cm³/mol. The predicted octanol–water partition coefficient (Wildman–Crippen LogP) is 3.45. The van der Waals surface area contributed by atoms with E-state index >= 15 is 0 Å². The van der Waals surface area contributed by atoms with Crippen LogP contribution in [0.3, 0.4) is 0 Å². The fourth-order valence-electron chi connectivity index (χ4n) is 2.51. The van der Waals surface area contributed by atoms with Gasteiger partial charge < -0.3 is 9.52 Å². The number of nitro benzene ring substituents is 1. The standard InChI is InChI=1S/C17H12N2O6S2/c1-9-6-10(19(23)24)2-4-12(9)13-5-3-11(25-13)7-14-16(22)18(8-15(20)21)17(26)27-14/h2-7H,8H2,1H3,(H,20,21). The normalized spacial score (nSPS) is 15.6. The number of carboxylic acids is 1. The molecule has 2 heterocycles. The van der Waals surface area contributed by atoms with Gasteiger partial charge in [-0.3, -0.25) is 24.6 Å². The van der Waals surface area contributed by atoms with Gasteiger partial charge in [-0.05, 0) is 30.7 Å². The third-order valence-electron chi connectivity index (χ3n) is 3.75. The Bertz CT molecular complexity index is 1010. The fraction of sp³-hybridized carbons (Fsp3) is 0.118. The van der Waals surface area contributed by atoms with Crippen molar-refractivity contribution in [1.29, 1.82) is 0 Å². The minimum atomic E-state index is -1.15. The van der Waals surface area contributed by atoms with Crippen molar-refractivity contribution in [2.45, 2.75) is 6.92 Å². The van der Waals surface area contributed by atoms with E-state index in [1.54, 1.807) is 25.1 Å². The number of amides is 1. The van der Waals surface area contributed by atoms with Crippen LogP contribution in [0.2, 0.25) is 0 Å². The van der Waals surface area contributed by atoms with Gasteiger partial charge in [0.1, 0.15) is 22.4 Å². The molecule has 1 aliphatic rings. The highest BCUT2D eigenvalue weighted by molar-refractivity contribution is 8.26. The average molecular weight is 404 g/mol. The molecule has 1 aliphatic heterocycles. The van der Waals surface area contributed by atoms with Gasteiger partial charge in [-0.1, -0.05) is 24.0 Å². The Morgan fingerprint density at radius 2 is 2.15 bits per heavy atom. The summed E-state index contributed by atoms with van der Waals surface area (Å²) in [6.07, 6.45) is 1.49. The molecule has 1 amide bonds. The van der Waals surface area contributed by atoms with Crippen LogP contribution < -0.4 is 0 Å². The summed E-state index contributed by atoms with van der Waals surface area (Å²) in [5, 5.41) is 19.7. The van der Waals surface area contributed by atoms with Crippen molar-refractivity contribution in [3.05, 3.63) is 56.7 Å². The van der Waals surface area contributed by atoms with Crippen molar-refractivity contribution in [2.75, 3.05) is 6.54 Å². The first-order valence-corrected chi connectivity index (χ1v) is 8.81. The van der Waals surface area contributed by atoms with Crippen molar-refractivity contribution in [2.24, 2.45) is 0 Å². The lowest BCUT2D eigenvalue weighted by atomic mass is 10.1. The number of nitrogens with zero attached hydrogens (tertiary/aromatic N) is 2. The zero-order valence-electron chi connectivity index (χ0n) is 13.9. The van der Waals surface area contributed by atoms with Crippen LogP contribution in [0.15, 0.2) is 39.7 Å². The van der Waals surface area contributed by atoms with E-state index in [4.69, 9.17) is 21.7 Å². The van der Waals surface area contributed by atoms with Gasteiger partial charge in [0.15, 0.2) is 0 Å². The first-order chi connectivity index (χ1) is 12.8. The SMILES string of the molecule is Cc1cc([N+](=O)[O-])ccc1-c1ccc(C=C2SC(=S)N(CC(=O)O)C2=O)o1. The molecule has 1 fully saturated rings. The highest BCUT2D eigenvalue weighted by Crippen LogP contribution is 2.34. The maximum absolute atomic E-state index is 12.3. The Labute approximate surface area is 162 Å². The van der Waals surface area contributed by atoms with Crippen molar-refractivity contribution in [1.82, 2.24) is 4.90 Å². The summed E-state index contributed by atoms with van der Waals surface area (Å²) in [5.74, 6) is -0.758. The number of aryl methyl sites for hydroxylation is 1. The summed E-state index contributed by atoms with van der Waals surface area (Å²) in [5.41, 5.74) is 1.36. The number of hydrogen-bond acceptors (Lipinski definition) is 7. The number of benzene rings is 1. The zero-order valence-corrected chi connectivity index (χ0v) is 15.5. The second-order valence-electron chi connectivity index (χ2n) is 5.62. The molecule has 10 heteroatoms. The Hall–Kier alpha value is -2.98. The van der Waals surface area contributed by atoms with Gasteiger partial charge >= 0.3 is 5.97 Å². The number of carbonyl (C=O) groups excluding carboxylic acids is 1. The molecule has 0 radical (unpaired) electrons. The second-order valence-corrected chi connectivity index (χ2v) is 7.30. The van der Waals surface area contributed by atoms with E-state index < -0.39 is 23.3 Å². The highest BCUT2D eigenvalue weighted by atomic mass is 32.2. The van der Waals surface area contributed by atoms with Gasteiger partial charge in [0.2, 0.25) is 0 Å². The van der Waals surface area contributed by atoms with Crippen LogP contribution in [0, 0.1) is 17.0 Å². The minimum Gasteiger partial charge on any atom is -0.480 e. The molecule has 1 saturated heterocycles. The van der Waals surface area contributed by atoms with E-state index in [1.165, 1.54) is 18.2 Å². The smallest absolute Gasteiger partial charge is 0.323 e. The second kappa shape index (κ2) is 7.33. The van der Waals surface area contributed by atoms with Gasteiger partial charge in [-0.2, -0.15) is 0 Å². The first kappa shape index (κ1) is 18.8. The average Bonchev–Trinajstić information content (AvgIpc) is 3.15. The monoisotopic (exact) mass is 404 g/mol. The van der Waals surface area contributed by atoms with E-state index in [2.05, 4.69) is 0 Å². The van der Waals surface area contributed by atoms with Gasteiger partial charge in [-0.15, -0.1) is 0 Å². The first-order valence-electron chi connectivity index (χ1n) is 7.58. The molecule has 0 unspecified atom stereocenters. The van der Waals surface area contributed by atoms with Crippen molar-refractivity contribution in [3.63, 3.8) is 0 Å². The molecule has 27 heavy (non-hydrogen) atoms. The number of nitro groups is 1. The number of aliphatic carboxylic acids is 1. The van der Waals surface area contributed by atoms with E-state index in [0.717, 1.165) is 16.7 Å². The number of carboxylic acid groups (broad SMARTS) is 1. The summed E-state index contributed by atoms with van der Waals surface area (Å²) in [6.45, 7) is 1.24. The number of hydrogen-bond donors (Lipinski definition) is 1. The number of carbonyl (C=O) groups is 2. The van der Waals surface area contributed by atoms with Gasteiger partial charge in [0, 0.05) is 23.8 Å². The van der Waals surface area contributed by atoms with Crippen LogP contribution in [-0.2, 0) is 9.59 Å². The summed E-state index contributed by atoms with van der Waals surface area (Å²) in [6, 6.07) is 7.79. The topological polar surface area (TPSA) is 114 Å². The molecule has 1 N–H and O–H groups in total. The van der Waals surface area contributed by atoms with Crippen LogP contribution >= 0.6 is 24.0 Å². The van der Waals surface area contributed by atoms with E-state index in [1.807, 2.05) is 0 Å². The zero-order chi connectivity index (χ0) is 19.7. The van der Waals surface area contributed by atoms with Gasteiger partial charge in [0.05, 0.1) is 9.83 Å². The number of thiocarbonyl (C=S) groups is 1. The molecule has 0 bridgehead atoms. The van der Waals surface area contributed by atoms with Crippen molar-refractivity contribution >= 4 is 51.9 Å². The number of thioether (sulfide) groups is 1. The Morgan fingerprint density at radius 3 is 2.78 bits per heavy atom. The minimum absolute atomic E-state index is 0.00913. The Balaban J connectivity index is 1.86. The lowest BCUT2D eigenvalue weighted by Gasteiger charge is -2.09. The molecule has 0 atom stereocenters. The van der Waals surface area contributed by atoms with Crippen LogP contribution in [0.5, 0.6) is 0 Å². The molecule has 3 rings (SSSR count). The number of furan rings is 1. The molecular weight excluding hydrogens is 392 g/mol. The molecular formula is C17H12N2O6S2. The molecule has 0 aliphatic carbocycles. The number of rotatable bonds is 5. The highest BCUT2D eigenvalue weighted by Gasteiger charge is 2.33. The lowest BCUT2D eigenvalue weighted by Crippen LogP contribution is -2.33. The Kier molecular flexibility index (Phi) is 5.10. The van der Waals surface area contributed by atoms with E-state index in [9.17, 15) is 19.7 Å². The van der Waals surface area contributed by atoms with Crippen LogP contribution in [0.4, 0.5) is 5.69 Å². The van der Waals surface area contributed by atoms with Crippen molar-refractivity contribution < 1.29 is 24.0 Å². The molecule has 2 aromatic rings. The maximum atomic E-state index is 12.3. The molecule has 1 aromatic heterocycles. The molecule has 0 spiro atoms. The third kappa shape index (κ3) is 3.91. The summed E-state index contributed by atoms with van der Waals surface area (Å²) >= 11 is 6.04. The van der Waals surface area contributed by atoms with E-state index in [-0.39, 0.29) is 14.9 Å². The third-order valence-corrected chi connectivity index (χ3v) is 5.13. The van der Waals surface area contributed by atoms with Crippen LogP contribution in [-0.4, -0.2) is 37.7 Å². The lowest BCUT2D eigenvalue weighted by molar-refractivity contribution is -0.384. The van der Waals surface area contributed by atoms with Gasteiger partial charge in [0.25, 0.3) is 11.6 Å². The quantitative estimate of drug-likeness (QED) is 0.349. The van der Waals surface area contributed by atoms with E-state index in [0.29, 0.717) is 22.6 Å². The van der Waals surface area contributed by atoms with Crippen molar-refractivity contribution in [3.8, 4) is 11.3 Å². The molecule has 138 valence electrons. The largest absolute Gasteiger partial charge is 0.480 e. The summed E-state index contributed by atoms with van der Waals surface area (Å²) in [4.78, 5) is 34.7. The summed E-state index contributed by atoms with van der Waals surface area (Å²) < 4.78 is 5.90. The van der Waals surface area contributed by atoms with Crippen LogP contribution in [0.1, 0.15) is 11.3 Å². The van der Waals surface area contributed by atoms with Crippen LogP contribution in [0.25, 0.3) is 17.4 Å². The summed E-state index contributed by atoms with van der Waals surface area (Å²) in [7, 11) is 0. The molecule has 0 saturated carbocycles. The molecule has 1 aromatic carbocycles. The van der Waals surface area contributed by atoms with Gasteiger partial charge in [-0.25, -0.2) is 0 Å². The maximum Gasteiger partial charge on any atom is 0.323 e. The number of non-ortho nitro benzene ring substituents is 1. The Morgan fingerprint density at radius 1 is 1.41 bits per heavy atom. The fourth-order valence-corrected chi connectivity index (χ4v) is 3.75.